The van der Waals surface area contributed by atoms with Crippen LogP contribution in [0.2, 0.25) is 0 Å². The largest absolute Gasteiger partial charge is 0.459 e. The summed E-state index contributed by atoms with van der Waals surface area (Å²) in [5.41, 5.74) is 3.63. The topological polar surface area (TPSA) is 118 Å². The molecule has 0 saturated heterocycles. The Balaban J connectivity index is 1.52. The summed E-state index contributed by atoms with van der Waals surface area (Å²) in [6.07, 6.45) is 1.56. The first kappa shape index (κ1) is 24.4. The van der Waals surface area contributed by atoms with Crippen LogP contribution in [0, 0.1) is 0 Å². The summed E-state index contributed by atoms with van der Waals surface area (Å²) in [6.45, 7) is 2.26. The maximum atomic E-state index is 12.1. The van der Waals surface area contributed by atoms with Crippen LogP contribution in [0.5, 0.6) is 0 Å². The summed E-state index contributed by atoms with van der Waals surface area (Å²) in [5, 5.41) is 9.08. The second kappa shape index (κ2) is 11.1. The standard InChI is InChI=1S/C25H25N3O6S/c1-2-21-24(19-9-5-18(6-10-19)16-35(31)32)27-28(23(15-29)34-21)14-17-7-11-20(12-8-17)26-25(30)22-4-3-13-33-22/h3-13,15,21,23,35H,2,14,16H2,1H3,(H,26,30). The normalized spacial score (nSPS) is 17.8. The van der Waals surface area contributed by atoms with Crippen LogP contribution in [0.25, 0.3) is 0 Å². The number of benzene rings is 2. The van der Waals surface area contributed by atoms with Gasteiger partial charge in [0.15, 0.2) is 12.0 Å². The lowest BCUT2D eigenvalue weighted by Gasteiger charge is -2.35. The molecule has 10 heteroatoms. The molecule has 182 valence electrons. The smallest absolute Gasteiger partial charge is 0.291 e. The van der Waals surface area contributed by atoms with E-state index in [9.17, 15) is 18.0 Å². The van der Waals surface area contributed by atoms with Crippen molar-refractivity contribution in [1.29, 1.82) is 0 Å². The third kappa shape index (κ3) is 6.03. The number of carbonyl (C=O) groups is 2. The number of nitrogens with one attached hydrogen (secondary N) is 1. The van der Waals surface area contributed by atoms with Crippen LogP contribution < -0.4 is 5.32 Å². The van der Waals surface area contributed by atoms with Gasteiger partial charge in [0, 0.05) is 11.3 Å². The van der Waals surface area contributed by atoms with E-state index in [1.807, 2.05) is 31.2 Å². The van der Waals surface area contributed by atoms with Gasteiger partial charge in [-0.15, -0.1) is 0 Å². The summed E-state index contributed by atoms with van der Waals surface area (Å²) in [6, 6.07) is 17.5. The van der Waals surface area contributed by atoms with E-state index in [0.29, 0.717) is 29.9 Å². The van der Waals surface area contributed by atoms with Gasteiger partial charge in [-0.2, -0.15) is 5.10 Å². The second-order valence-corrected chi connectivity index (χ2v) is 8.94. The van der Waals surface area contributed by atoms with Gasteiger partial charge in [-0.25, -0.2) is 8.42 Å². The zero-order valence-corrected chi connectivity index (χ0v) is 19.9. The van der Waals surface area contributed by atoms with E-state index in [1.54, 1.807) is 41.4 Å². The van der Waals surface area contributed by atoms with E-state index in [2.05, 4.69) is 5.32 Å². The number of thiol groups is 1. The maximum Gasteiger partial charge on any atom is 0.291 e. The Morgan fingerprint density at radius 1 is 1.09 bits per heavy atom. The van der Waals surface area contributed by atoms with Gasteiger partial charge in [0.2, 0.25) is 6.23 Å². The van der Waals surface area contributed by atoms with Gasteiger partial charge < -0.3 is 14.5 Å². The number of anilines is 1. The molecule has 0 saturated carbocycles. The average Bonchev–Trinajstić information content (AvgIpc) is 3.40. The van der Waals surface area contributed by atoms with Crippen LogP contribution in [0.1, 0.15) is 40.6 Å². The number of hydrogen-bond acceptors (Lipinski definition) is 8. The number of hydrogen-bond donors (Lipinski definition) is 2. The van der Waals surface area contributed by atoms with Gasteiger partial charge in [-0.05, 0) is 41.8 Å². The van der Waals surface area contributed by atoms with E-state index >= 15 is 0 Å². The number of aldehydes is 1. The molecule has 4 rings (SSSR count). The Morgan fingerprint density at radius 3 is 2.40 bits per heavy atom. The van der Waals surface area contributed by atoms with E-state index in [0.717, 1.165) is 17.4 Å². The van der Waals surface area contributed by atoms with Gasteiger partial charge in [0.1, 0.15) is 16.8 Å². The Morgan fingerprint density at radius 2 is 1.80 bits per heavy atom. The molecule has 2 atom stereocenters. The van der Waals surface area contributed by atoms with Crippen molar-refractivity contribution in [3.63, 3.8) is 0 Å². The third-order valence-corrected chi connectivity index (χ3v) is 6.11. The minimum absolute atomic E-state index is 0.0207. The van der Waals surface area contributed by atoms with Crippen molar-refractivity contribution < 1.29 is 27.2 Å². The van der Waals surface area contributed by atoms with E-state index in [4.69, 9.17) is 14.3 Å². The first-order valence-corrected chi connectivity index (χ1v) is 12.4. The fraction of sp³-hybridized carbons (Fsp3) is 0.240. The Kier molecular flexibility index (Phi) is 7.74. The lowest BCUT2D eigenvalue weighted by molar-refractivity contribution is -0.139. The highest BCUT2D eigenvalue weighted by Crippen LogP contribution is 2.23. The lowest BCUT2D eigenvalue weighted by Crippen LogP contribution is -2.45. The number of carbonyl (C=O) groups excluding carboxylic acids is 2. The maximum absolute atomic E-state index is 12.1. The molecule has 0 fully saturated rings. The first-order chi connectivity index (χ1) is 17.0. The monoisotopic (exact) mass is 495 g/mol. The minimum Gasteiger partial charge on any atom is -0.459 e. The zero-order valence-electron chi connectivity index (χ0n) is 19.0. The molecular formula is C25H25N3O6S. The molecule has 2 heterocycles. The van der Waals surface area contributed by atoms with Gasteiger partial charge in [-0.3, -0.25) is 14.6 Å². The van der Waals surface area contributed by atoms with Gasteiger partial charge in [0.25, 0.3) is 5.91 Å². The predicted octanol–water partition coefficient (Wildman–Crippen LogP) is 3.18. The summed E-state index contributed by atoms with van der Waals surface area (Å²) < 4.78 is 33.1. The van der Waals surface area contributed by atoms with Crippen LogP contribution in [0.3, 0.4) is 0 Å². The van der Waals surface area contributed by atoms with Crippen molar-refractivity contribution >= 4 is 34.3 Å². The Hall–Kier alpha value is -3.76. The fourth-order valence-electron chi connectivity index (χ4n) is 3.73. The molecular weight excluding hydrogens is 470 g/mol. The highest BCUT2D eigenvalue weighted by molar-refractivity contribution is 7.71. The fourth-order valence-corrected chi connectivity index (χ4v) is 4.24. The van der Waals surface area contributed by atoms with Gasteiger partial charge >= 0.3 is 0 Å². The van der Waals surface area contributed by atoms with Crippen molar-refractivity contribution in [2.45, 2.75) is 38.0 Å². The molecule has 0 spiro atoms. The summed E-state index contributed by atoms with van der Waals surface area (Å²) in [7, 11) is -2.50. The first-order valence-electron chi connectivity index (χ1n) is 11.1. The van der Waals surface area contributed by atoms with Crippen LogP contribution in [0.4, 0.5) is 5.69 Å². The Bertz CT molecular complexity index is 1260. The van der Waals surface area contributed by atoms with Gasteiger partial charge in [0.05, 0.1) is 24.3 Å². The third-order valence-electron chi connectivity index (χ3n) is 5.49. The number of amides is 1. The molecule has 1 aliphatic rings. The number of rotatable bonds is 9. The van der Waals surface area contributed by atoms with Crippen LogP contribution in [-0.2, 0) is 32.5 Å². The second-order valence-electron chi connectivity index (χ2n) is 7.96. The van der Waals surface area contributed by atoms with E-state index < -0.39 is 16.9 Å². The SMILES string of the molecule is CCC1OC(C=O)N(Cc2ccc(NC(=O)c3ccco3)cc2)N=C1c1ccc(C[SH](=O)=O)cc1. The highest BCUT2D eigenvalue weighted by Gasteiger charge is 2.31. The number of ether oxygens (including phenoxy) is 1. The van der Waals surface area contributed by atoms with Crippen molar-refractivity contribution in [3.8, 4) is 0 Å². The van der Waals surface area contributed by atoms with Crippen molar-refractivity contribution in [3.05, 3.63) is 89.4 Å². The lowest BCUT2D eigenvalue weighted by atomic mass is 10.0. The molecule has 2 aromatic carbocycles. The molecule has 0 bridgehead atoms. The highest BCUT2D eigenvalue weighted by atomic mass is 32.2. The molecule has 1 amide bonds. The van der Waals surface area contributed by atoms with Crippen LogP contribution in [0.15, 0.2) is 76.4 Å². The predicted molar refractivity (Wildman–Crippen MR) is 131 cm³/mol. The van der Waals surface area contributed by atoms with Crippen molar-refractivity contribution in [1.82, 2.24) is 5.01 Å². The summed E-state index contributed by atoms with van der Waals surface area (Å²) >= 11 is 0. The van der Waals surface area contributed by atoms with Gasteiger partial charge in [-0.1, -0.05) is 43.3 Å². The molecule has 35 heavy (non-hydrogen) atoms. The molecule has 1 aliphatic heterocycles. The molecule has 3 aromatic rings. The van der Waals surface area contributed by atoms with E-state index in [1.165, 1.54) is 6.26 Å². The van der Waals surface area contributed by atoms with Crippen molar-refractivity contribution in [2.24, 2.45) is 5.10 Å². The molecule has 0 aliphatic carbocycles. The average molecular weight is 496 g/mol. The molecule has 1 aromatic heterocycles. The molecule has 2 unspecified atom stereocenters. The van der Waals surface area contributed by atoms with Crippen molar-refractivity contribution in [2.75, 3.05) is 5.32 Å². The summed E-state index contributed by atoms with van der Waals surface area (Å²) in [4.78, 5) is 23.9. The Labute approximate surface area is 204 Å². The quantitative estimate of drug-likeness (QED) is 0.346. The van der Waals surface area contributed by atoms with Crippen LogP contribution >= 0.6 is 0 Å². The zero-order chi connectivity index (χ0) is 24.8. The summed E-state index contributed by atoms with van der Waals surface area (Å²) in [5.74, 6) is -0.149. The number of hydrazone groups is 1. The van der Waals surface area contributed by atoms with Crippen LogP contribution in [-0.4, -0.2) is 43.7 Å². The molecule has 1 N–H and O–H groups in total. The number of furan rings is 1. The number of nitrogens with zero attached hydrogens (tertiary/aromatic N) is 2. The van der Waals surface area contributed by atoms with E-state index in [-0.39, 0.29) is 23.5 Å². The molecule has 9 nitrogen and oxygen atoms in total. The minimum atomic E-state index is -2.50. The molecule has 0 radical (unpaired) electrons.